The Balaban J connectivity index is 0.00000289. The SMILES string of the molecule is CC(N[C-]=CN=C1C=[N+](C)[CH-]1)c1cccc(NC(=O)c2ccc3c(c2)CCC(=O)O3)c1.[K+]. The van der Waals surface area contributed by atoms with E-state index in [1.54, 1.807) is 24.4 Å². The van der Waals surface area contributed by atoms with Crippen molar-refractivity contribution in [1.29, 1.82) is 0 Å². The molecule has 2 aliphatic heterocycles. The van der Waals surface area contributed by atoms with Gasteiger partial charge < -0.3 is 31.1 Å². The Morgan fingerprint density at radius 1 is 1.28 bits per heavy atom. The van der Waals surface area contributed by atoms with E-state index >= 15 is 0 Å². The van der Waals surface area contributed by atoms with Crippen molar-refractivity contribution < 1.29 is 70.3 Å². The van der Waals surface area contributed by atoms with Crippen LogP contribution < -0.4 is 66.8 Å². The summed E-state index contributed by atoms with van der Waals surface area (Å²) in [5.74, 6) is 0.0815. The summed E-state index contributed by atoms with van der Waals surface area (Å²) < 4.78 is 7.13. The maximum absolute atomic E-state index is 12.7. The van der Waals surface area contributed by atoms with E-state index in [1.807, 2.05) is 55.6 Å². The van der Waals surface area contributed by atoms with Gasteiger partial charge in [0.1, 0.15) is 12.8 Å². The Labute approximate surface area is 230 Å². The number of amides is 1. The molecule has 1 unspecified atom stereocenters. The van der Waals surface area contributed by atoms with Crippen LogP contribution in [0.15, 0.2) is 53.7 Å². The third kappa shape index (κ3) is 6.17. The average molecular weight is 455 g/mol. The molecule has 2 heterocycles. The second-order valence-electron chi connectivity index (χ2n) is 7.49. The van der Waals surface area contributed by atoms with Crippen molar-refractivity contribution in [2.75, 3.05) is 12.4 Å². The summed E-state index contributed by atoms with van der Waals surface area (Å²) in [7, 11) is 1.95. The van der Waals surface area contributed by atoms with Crippen molar-refractivity contribution in [3.8, 4) is 5.75 Å². The molecule has 7 nitrogen and oxygen atoms in total. The van der Waals surface area contributed by atoms with Gasteiger partial charge in [0.15, 0.2) is 0 Å². The zero-order valence-electron chi connectivity index (χ0n) is 18.4. The number of esters is 1. The van der Waals surface area contributed by atoms with Crippen LogP contribution in [0.3, 0.4) is 0 Å². The monoisotopic (exact) mass is 454 g/mol. The Bertz CT molecular complexity index is 1120. The number of carbonyl (C=O) groups excluding carboxylic acids is 2. The van der Waals surface area contributed by atoms with E-state index in [-0.39, 0.29) is 69.3 Å². The first-order chi connectivity index (χ1) is 15.0. The van der Waals surface area contributed by atoms with Crippen LogP contribution in [0, 0.1) is 12.7 Å². The van der Waals surface area contributed by atoms with Crippen molar-refractivity contribution in [3.63, 3.8) is 0 Å². The fraction of sp³-hybridized carbons (Fsp3) is 0.208. The maximum Gasteiger partial charge on any atom is 1.00 e. The molecule has 1 atom stereocenters. The van der Waals surface area contributed by atoms with Gasteiger partial charge in [0.05, 0.1) is 24.9 Å². The molecule has 2 aromatic carbocycles. The van der Waals surface area contributed by atoms with Gasteiger partial charge in [-0.25, -0.2) is 0 Å². The molecule has 2 N–H and O–H groups in total. The molecule has 1 amide bonds. The summed E-state index contributed by atoms with van der Waals surface area (Å²) in [5.41, 5.74) is 4.00. The number of rotatable bonds is 6. The van der Waals surface area contributed by atoms with E-state index in [0.717, 1.165) is 16.8 Å². The largest absolute Gasteiger partial charge is 1.00 e. The molecule has 0 radical (unpaired) electrons. The van der Waals surface area contributed by atoms with Crippen LogP contribution >= 0.6 is 0 Å². The van der Waals surface area contributed by atoms with Crippen LogP contribution in [-0.4, -0.2) is 35.4 Å². The molecule has 4 rings (SSSR count). The van der Waals surface area contributed by atoms with Crippen molar-refractivity contribution in [3.05, 3.63) is 78.1 Å². The molecule has 2 aliphatic rings. The number of ether oxygens (including phenoxy) is 1. The van der Waals surface area contributed by atoms with E-state index < -0.39 is 0 Å². The number of benzene rings is 2. The summed E-state index contributed by atoms with van der Waals surface area (Å²) in [6.45, 7) is 3.93. The number of nitrogens with zero attached hydrogens (tertiary/aromatic N) is 2. The van der Waals surface area contributed by atoms with Crippen molar-refractivity contribution >= 4 is 29.5 Å². The number of fused-ring (bicyclic) bond motifs is 1. The van der Waals surface area contributed by atoms with Gasteiger partial charge in [-0.05, 0) is 54.8 Å². The van der Waals surface area contributed by atoms with Gasteiger partial charge in [-0.1, -0.05) is 12.1 Å². The molecule has 0 spiro atoms. The first-order valence-corrected chi connectivity index (χ1v) is 10.0. The zero-order chi connectivity index (χ0) is 21.8. The number of anilines is 1. The summed E-state index contributed by atoms with van der Waals surface area (Å²) in [6.07, 6.45) is 7.40. The number of nitrogens with one attached hydrogen (secondary N) is 2. The van der Waals surface area contributed by atoms with Crippen molar-refractivity contribution in [2.45, 2.75) is 25.8 Å². The number of hydrogen-bond donors (Lipinski definition) is 2. The predicted molar refractivity (Wildman–Crippen MR) is 118 cm³/mol. The molecule has 8 heteroatoms. The number of aryl methyl sites for hydroxylation is 1. The van der Waals surface area contributed by atoms with Gasteiger partial charge in [-0.3, -0.25) is 9.59 Å². The van der Waals surface area contributed by atoms with Gasteiger partial charge in [-0.2, -0.15) is 0 Å². The molecule has 0 bridgehead atoms. The third-order valence-corrected chi connectivity index (χ3v) is 5.04. The first-order valence-electron chi connectivity index (χ1n) is 10.0. The van der Waals surface area contributed by atoms with Gasteiger partial charge >= 0.3 is 57.4 Å². The summed E-state index contributed by atoms with van der Waals surface area (Å²) >= 11 is 0. The van der Waals surface area contributed by atoms with E-state index in [9.17, 15) is 9.59 Å². The first kappa shape index (κ1) is 24.4. The Morgan fingerprint density at radius 3 is 2.88 bits per heavy atom. The fourth-order valence-corrected chi connectivity index (χ4v) is 3.34. The second kappa shape index (κ2) is 11.1. The van der Waals surface area contributed by atoms with E-state index in [1.165, 1.54) is 0 Å². The van der Waals surface area contributed by atoms with Gasteiger partial charge in [-0.15, -0.1) is 6.20 Å². The summed E-state index contributed by atoms with van der Waals surface area (Å²) in [5, 5.41) is 6.09. The summed E-state index contributed by atoms with van der Waals surface area (Å²) in [4.78, 5) is 28.3. The molecule has 0 aliphatic carbocycles. The Morgan fingerprint density at radius 2 is 2.09 bits per heavy atom. The number of hydrogen-bond acceptors (Lipinski definition) is 5. The van der Waals surface area contributed by atoms with Crippen LogP contribution in [0.5, 0.6) is 5.75 Å². The van der Waals surface area contributed by atoms with E-state index in [4.69, 9.17) is 4.74 Å². The van der Waals surface area contributed by atoms with Gasteiger partial charge in [0.25, 0.3) is 5.91 Å². The van der Waals surface area contributed by atoms with Crippen LogP contribution in [0.2, 0.25) is 0 Å². The minimum atomic E-state index is -0.240. The topological polar surface area (TPSA) is 82.8 Å². The minimum Gasteiger partial charge on any atom is -0.560 e. The smallest absolute Gasteiger partial charge is 0.560 e. The second-order valence-corrected chi connectivity index (χ2v) is 7.49. The van der Waals surface area contributed by atoms with Crippen LogP contribution in [0.25, 0.3) is 0 Å². The average Bonchev–Trinajstić information content (AvgIpc) is 2.74. The molecular formula is C24H23KN4O3. The molecule has 0 aromatic heterocycles. The molecule has 0 fully saturated rings. The quantitative estimate of drug-likeness (QED) is 0.161. The third-order valence-electron chi connectivity index (χ3n) is 5.04. The molecular weight excluding hydrogens is 431 g/mol. The predicted octanol–water partition coefficient (Wildman–Crippen LogP) is 0.0490. The van der Waals surface area contributed by atoms with E-state index in [0.29, 0.717) is 29.8 Å². The Hall–Kier alpha value is -2.23. The summed E-state index contributed by atoms with van der Waals surface area (Å²) in [6, 6.07) is 12.8. The van der Waals surface area contributed by atoms with Gasteiger partial charge in [0, 0.05) is 17.3 Å². The molecule has 32 heavy (non-hydrogen) atoms. The number of aliphatic imine (C=N–C) groups is 1. The minimum absolute atomic E-state index is 0. The van der Waals surface area contributed by atoms with Crippen molar-refractivity contribution in [2.24, 2.45) is 4.99 Å². The van der Waals surface area contributed by atoms with Crippen molar-refractivity contribution in [1.82, 2.24) is 5.32 Å². The zero-order valence-corrected chi connectivity index (χ0v) is 21.5. The molecule has 0 saturated heterocycles. The Kier molecular flexibility index (Phi) is 8.44. The molecule has 0 saturated carbocycles. The fourth-order valence-electron chi connectivity index (χ4n) is 3.34. The molecule has 2 aromatic rings. The molecule has 158 valence electrons. The van der Waals surface area contributed by atoms with Crippen LogP contribution in [-0.2, 0) is 11.2 Å². The van der Waals surface area contributed by atoms with Crippen LogP contribution in [0.1, 0.15) is 40.9 Å². The normalized spacial score (nSPS) is 16.6. The van der Waals surface area contributed by atoms with Crippen LogP contribution in [0.4, 0.5) is 5.69 Å². The van der Waals surface area contributed by atoms with E-state index in [2.05, 4.69) is 21.8 Å². The maximum atomic E-state index is 12.7. The number of carbonyl (C=O) groups is 2. The van der Waals surface area contributed by atoms with Gasteiger partial charge in [0.2, 0.25) is 0 Å². The standard InChI is InChI=1S/C24H23N4O3.K/c1-16(25-10-11-26-21-14-28(2)15-21)17-4-3-5-20(13-17)27-24(30)19-6-8-22-18(12-19)7-9-23(29)31-22;/h3-6,8,11-16,25H,7,9H2,1-2H3,(H,27,30);/q-1;+1.